The molecule has 4 aliphatic rings. The molecule has 45 heavy (non-hydrogen) atoms. The predicted octanol–water partition coefficient (Wildman–Crippen LogP) is 5.88. The number of aryl methyl sites for hydroxylation is 2. The van der Waals surface area contributed by atoms with Crippen molar-refractivity contribution in [1.29, 1.82) is 0 Å². The van der Waals surface area contributed by atoms with E-state index in [0.717, 1.165) is 23.6 Å². The number of likely N-dealkylation sites (tertiary alicyclic amines) is 1. The molecule has 1 aliphatic heterocycles. The fourth-order valence-corrected chi connectivity index (χ4v) is 8.13. The van der Waals surface area contributed by atoms with Gasteiger partial charge in [0, 0.05) is 12.2 Å². The van der Waals surface area contributed by atoms with Crippen LogP contribution in [0.2, 0.25) is 0 Å². The Morgan fingerprint density at radius 3 is 2.49 bits per heavy atom. The summed E-state index contributed by atoms with van der Waals surface area (Å²) < 4.78 is 15.4. The highest BCUT2D eigenvalue weighted by Gasteiger charge is 2.59. The number of guanidine groups is 1. The van der Waals surface area contributed by atoms with E-state index in [4.69, 9.17) is 4.99 Å². The number of aromatic nitrogens is 2. The molecule has 3 aromatic rings. The van der Waals surface area contributed by atoms with E-state index in [1.54, 1.807) is 23.0 Å². The van der Waals surface area contributed by atoms with Crippen molar-refractivity contribution in [3.05, 3.63) is 70.5 Å². The zero-order chi connectivity index (χ0) is 32.3. The third kappa shape index (κ3) is 5.62. The Morgan fingerprint density at radius 1 is 1.16 bits per heavy atom. The molecule has 4 atom stereocenters. The molecule has 0 radical (unpaired) electrons. The van der Waals surface area contributed by atoms with Gasteiger partial charge >= 0.3 is 12.1 Å². The number of hydrogen-bond donors (Lipinski definition) is 3. The normalized spacial score (nSPS) is 29.0. The van der Waals surface area contributed by atoms with Crippen LogP contribution in [0.3, 0.4) is 0 Å². The van der Waals surface area contributed by atoms with Crippen LogP contribution >= 0.6 is 0 Å². The predicted molar refractivity (Wildman–Crippen MR) is 175 cm³/mol. The monoisotopic (exact) mass is 617 g/mol. The number of halogens is 1. The van der Waals surface area contributed by atoms with E-state index in [9.17, 15) is 19.1 Å². The molecular weight excluding hydrogens is 571 g/mol. The Hall–Kier alpha value is -3.79. The van der Waals surface area contributed by atoms with Gasteiger partial charge in [0.2, 0.25) is 0 Å². The van der Waals surface area contributed by atoms with Crippen LogP contribution in [0.15, 0.2) is 58.6 Å². The summed E-state index contributed by atoms with van der Waals surface area (Å²) in [6.45, 7) is 15.3. The van der Waals surface area contributed by atoms with Gasteiger partial charge in [-0.3, -0.25) is 19.2 Å². The summed E-state index contributed by atoms with van der Waals surface area (Å²) in [6, 6.07) is 12.0. The van der Waals surface area contributed by atoms with Crippen LogP contribution in [0.25, 0.3) is 10.9 Å². The number of hydrogen-bond acceptors (Lipinski definition) is 4. The van der Waals surface area contributed by atoms with E-state index in [1.807, 2.05) is 18.2 Å². The maximum absolute atomic E-state index is 13.4. The highest BCUT2D eigenvalue weighted by atomic mass is 19.1. The van der Waals surface area contributed by atoms with Crippen molar-refractivity contribution in [2.75, 3.05) is 18.4 Å². The number of carboxylic acid groups (broad SMARTS) is 1. The second-order valence-corrected chi connectivity index (χ2v) is 15.1. The van der Waals surface area contributed by atoms with Gasteiger partial charge in [0.05, 0.1) is 28.8 Å². The van der Waals surface area contributed by atoms with Crippen molar-refractivity contribution in [2.24, 2.45) is 28.2 Å². The summed E-state index contributed by atoms with van der Waals surface area (Å²) in [7, 11) is 0. The number of fused-ring (bicyclic) bond motifs is 3. The molecule has 240 valence electrons. The lowest BCUT2D eigenvalue weighted by molar-refractivity contribution is -0.929. The summed E-state index contributed by atoms with van der Waals surface area (Å²) in [5, 5.41) is 16.3. The molecule has 0 unspecified atom stereocenters. The minimum absolute atomic E-state index is 0.121. The number of amides is 1. The van der Waals surface area contributed by atoms with E-state index in [1.165, 1.54) is 18.6 Å². The summed E-state index contributed by atoms with van der Waals surface area (Å²) in [5.74, 6) is 2.31. The van der Waals surface area contributed by atoms with Gasteiger partial charge in [-0.2, -0.15) is 0 Å². The van der Waals surface area contributed by atoms with Crippen molar-refractivity contribution >= 4 is 28.6 Å². The van der Waals surface area contributed by atoms with Gasteiger partial charge in [0.25, 0.3) is 5.56 Å². The van der Waals surface area contributed by atoms with E-state index >= 15 is 0 Å². The first-order valence-electron chi connectivity index (χ1n) is 16.1. The molecule has 4 fully saturated rings. The SMILES string of the molecule is C[C@@H]1[C@@H](N=C(Nc2ccc3c(=O)n(CCc4ccc(F)cc4)cnc3c2)[N+]2(C(C)(C)C)CC(NC(=O)O)C2)C[C@H]2C[C@@H]1C2(C)C. The third-order valence-electron chi connectivity index (χ3n) is 11.3. The number of quaternary nitrogens is 1. The van der Waals surface area contributed by atoms with Gasteiger partial charge in [-0.15, -0.1) is 0 Å². The van der Waals surface area contributed by atoms with Crippen LogP contribution < -0.4 is 16.2 Å². The van der Waals surface area contributed by atoms with Gasteiger partial charge in [-0.05, 0) is 99.1 Å². The van der Waals surface area contributed by atoms with Crippen LogP contribution in [0, 0.1) is 29.0 Å². The zero-order valence-corrected chi connectivity index (χ0v) is 27.2. The van der Waals surface area contributed by atoms with E-state index in [2.05, 4.69) is 57.2 Å². The Kier molecular flexibility index (Phi) is 7.78. The van der Waals surface area contributed by atoms with Crippen LogP contribution in [-0.4, -0.2) is 61.9 Å². The van der Waals surface area contributed by atoms with E-state index in [-0.39, 0.29) is 29.0 Å². The van der Waals surface area contributed by atoms with Gasteiger partial charge in [0.15, 0.2) is 0 Å². The molecule has 3 aliphatic carbocycles. The first kappa shape index (κ1) is 31.2. The first-order valence-corrected chi connectivity index (χ1v) is 16.1. The highest BCUT2D eigenvalue weighted by molar-refractivity contribution is 5.92. The topological polar surface area (TPSA) is 109 Å². The van der Waals surface area contributed by atoms with Crippen molar-refractivity contribution < 1.29 is 18.8 Å². The van der Waals surface area contributed by atoms with E-state index < -0.39 is 6.09 Å². The molecule has 2 aromatic carbocycles. The summed E-state index contributed by atoms with van der Waals surface area (Å²) in [6.07, 6.45) is 3.48. The second kappa shape index (κ2) is 11.2. The average molecular weight is 618 g/mol. The third-order valence-corrected chi connectivity index (χ3v) is 11.3. The number of rotatable bonds is 6. The number of nitrogens with one attached hydrogen (secondary N) is 2. The Morgan fingerprint density at radius 2 is 1.87 bits per heavy atom. The van der Waals surface area contributed by atoms with Crippen LogP contribution in [0.1, 0.15) is 59.9 Å². The van der Waals surface area contributed by atoms with Gasteiger partial charge < -0.3 is 10.4 Å². The molecule has 10 heteroatoms. The fourth-order valence-electron chi connectivity index (χ4n) is 8.13. The van der Waals surface area contributed by atoms with Crippen molar-refractivity contribution in [3.8, 4) is 0 Å². The molecule has 2 bridgehead atoms. The standard InChI is InChI=1S/C35H45FN6O3/c1-21-28-15-23(35(28,5)6)16-29(21)40-32(42(34(2,3)4)18-26(19-42)39-33(44)45)38-25-11-12-27-30(17-25)37-20-41(31(27)43)14-13-22-7-9-24(36)10-8-22/h7-12,17,20-21,23,26,28-29,39H,13-16,18-19H2,1-6H3,(H-,38,40,43,44,45)/p+1/t21-,23+,26?,28-,29-,42?/m0/s1. The van der Waals surface area contributed by atoms with Gasteiger partial charge in [-0.25, -0.2) is 19.2 Å². The molecule has 1 saturated heterocycles. The molecule has 9 nitrogen and oxygen atoms in total. The molecule has 0 spiro atoms. The lowest BCUT2D eigenvalue weighted by Gasteiger charge is -2.61. The van der Waals surface area contributed by atoms with Crippen molar-refractivity contribution in [2.45, 2.75) is 85.0 Å². The number of carbonyl (C=O) groups is 1. The molecule has 7 rings (SSSR count). The largest absolute Gasteiger partial charge is 0.465 e. The highest BCUT2D eigenvalue weighted by Crippen LogP contribution is 2.62. The van der Waals surface area contributed by atoms with Crippen molar-refractivity contribution in [1.82, 2.24) is 14.9 Å². The molecule has 2 heterocycles. The van der Waals surface area contributed by atoms with Crippen molar-refractivity contribution in [3.63, 3.8) is 0 Å². The Labute approximate surface area is 264 Å². The van der Waals surface area contributed by atoms with Gasteiger partial charge in [-0.1, -0.05) is 32.9 Å². The molecule has 1 aromatic heterocycles. The maximum Gasteiger partial charge on any atom is 0.405 e. The zero-order valence-electron chi connectivity index (χ0n) is 27.2. The Bertz CT molecular complexity index is 1690. The number of anilines is 1. The van der Waals surface area contributed by atoms with Crippen LogP contribution in [0.5, 0.6) is 0 Å². The minimum Gasteiger partial charge on any atom is -0.465 e. The number of benzene rings is 2. The average Bonchev–Trinajstić information content (AvgIpc) is 2.94. The molecular formula is C35H46FN6O3+. The lowest BCUT2D eigenvalue weighted by Crippen LogP contribution is -2.80. The maximum atomic E-state index is 13.4. The van der Waals surface area contributed by atoms with Crippen LogP contribution in [-0.2, 0) is 13.0 Å². The summed E-state index contributed by atoms with van der Waals surface area (Å²) >= 11 is 0. The lowest BCUT2D eigenvalue weighted by atomic mass is 9.45. The molecule has 3 N–H and O–H groups in total. The number of nitrogens with zero attached hydrogens (tertiary/aromatic N) is 4. The summed E-state index contributed by atoms with van der Waals surface area (Å²) in [4.78, 5) is 35.0. The molecule has 1 amide bonds. The Balaban J connectivity index is 1.30. The minimum atomic E-state index is -1.01. The van der Waals surface area contributed by atoms with Crippen LogP contribution in [0.4, 0.5) is 14.9 Å². The fraction of sp³-hybridized carbons (Fsp3) is 0.543. The van der Waals surface area contributed by atoms with Gasteiger partial charge in [0.1, 0.15) is 24.9 Å². The first-order chi connectivity index (χ1) is 21.2. The second-order valence-electron chi connectivity index (χ2n) is 15.1. The molecule has 3 saturated carbocycles. The smallest absolute Gasteiger partial charge is 0.405 e. The summed E-state index contributed by atoms with van der Waals surface area (Å²) in [5.41, 5.74) is 2.32. The van der Waals surface area contributed by atoms with E-state index in [0.29, 0.717) is 64.6 Å². The number of aliphatic imine (C=N–C) groups is 1. The quantitative estimate of drug-likeness (QED) is 0.182.